The van der Waals surface area contributed by atoms with Gasteiger partial charge in [0.15, 0.2) is 6.29 Å². The van der Waals surface area contributed by atoms with Gasteiger partial charge in [0, 0.05) is 6.42 Å². The smallest absolute Gasteiger partial charge is 0.160 e. The van der Waals surface area contributed by atoms with Gasteiger partial charge in [-0.15, -0.1) is 0 Å². The molecule has 1 aromatic carbocycles. The Morgan fingerprint density at radius 3 is 2.63 bits per heavy atom. The Hall–Kier alpha value is -1.06. The van der Waals surface area contributed by atoms with E-state index in [1.54, 1.807) is 0 Å². The molecule has 1 fully saturated rings. The molecule has 0 aromatic heterocycles. The third-order valence-corrected chi connectivity index (χ3v) is 3.26. The summed E-state index contributed by atoms with van der Waals surface area (Å²) in [5.74, 6) is 1.46. The molecule has 2 rings (SSSR count). The summed E-state index contributed by atoms with van der Waals surface area (Å²) in [5.41, 5.74) is 2.56. The normalized spacial score (nSPS) is 16.8. The van der Waals surface area contributed by atoms with Crippen molar-refractivity contribution in [2.75, 3.05) is 19.8 Å². The van der Waals surface area contributed by atoms with Crippen LogP contribution in [0.3, 0.4) is 0 Å². The van der Waals surface area contributed by atoms with Gasteiger partial charge in [-0.05, 0) is 42.5 Å². The van der Waals surface area contributed by atoms with Gasteiger partial charge in [-0.25, -0.2) is 0 Å². The molecule has 0 atom stereocenters. The maximum absolute atomic E-state index is 5.82. The van der Waals surface area contributed by atoms with Crippen molar-refractivity contribution in [3.8, 4) is 5.75 Å². The number of ether oxygens (including phenoxy) is 3. The van der Waals surface area contributed by atoms with Crippen molar-refractivity contribution in [3.05, 3.63) is 29.3 Å². The summed E-state index contributed by atoms with van der Waals surface area (Å²) in [7, 11) is 0. The second-order valence-electron chi connectivity index (χ2n) is 5.40. The largest absolute Gasteiger partial charge is 0.493 e. The Kier molecular flexibility index (Phi) is 5.23. The quantitative estimate of drug-likeness (QED) is 0.812. The topological polar surface area (TPSA) is 27.7 Å². The molecule has 0 unspecified atom stereocenters. The Balaban J connectivity index is 1.84. The van der Waals surface area contributed by atoms with E-state index >= 15 is 0 Å². The molecule has 0 N–H and O–H groups in total. The molecule has 0 spiro atoms. The number of benzene rings is 1. The van der Waals surface area contributed by atoms with Gasteiger partial charge in [0.1, 0.15) is 5.75 Å². The molecule has 0 aliphatic carbocycles. The minimum atomic E-state index is -0.0943. The first-order valence-corrected chi connectivity index (χ1v) is 7.13. The lowest BCUT2D eigenvalue weighted by atomic mass is 10.0. The van der Waals surface area contributed by atoms with E-state index in [9.17, 15) is 0 Å². The molecule has 106 valence electrons. The first kappa shape index (κ1) is 14.4. The summed E-state index contributed by atoms with van der Waals surface area (Å²) in [4.78, 5) is 0. The highest BCUT2D eigenvalue weighted by Crippen LogP contribution is 2.23. The number of hydrogen-bond acceptors (Lipinski definition) is 3. The van der Waals surface area contributed by atoms with E-state index in [0.717, 1.165) is 31.8 Å². The van der Waals surface area contributed by atoms with Gasteiger partial charge >= 0.3 is 0 Å². The van der Waals surface area contributed by atoms with Crippen molar-refractivity contribution in [2.24, 2.45) is 0 Å². The maximum atomic E-state index is 5.82. The fourth-order valence-corrected chi connectivity index (χ4v) is 2.17. The standard InChI is InChI=1S/C16H24O3/c1-12(2)14-9-13(3)10-15(11-14)17-8-5-16-18-6-4-7-19-16/h9-12,16H,4-8H2,1-3H3. The van der Waals surface area contributed by atoms with Crippen LogP contribution in [0.2, 0.25) is 0 Å². The Morgan fingerprint density at radius 1 is 1.21 bits per heavy atom. The van der Waals surface area contributed by atoms with E-state index in [4.69, 9.17) is 14.2 Å². The molecule has 1 aliphatic rings. The van der Waals surface area contributed by atoms with E-state index in [1.807, 2.05) is 0 Å². The monoisotopic (exact) mass is 264 g/mol. The summed E-state index contributed by atoms with van der Waals surface area (Å²) in [6.45, 7) is 8.72. The summed E-state index contributed by atoms with van der Waals surface area (Å²) >= 11 is 0. The molecule has 0 amide bonds. The lowest BCUT2D eigenvalue weighted by molar-refractivity contribution is -0.183. The van der Waals surface area contributed by atoms with Crippen LogP contribution in [0.4, 0.5) is 0 Å². The van der Waals surface area contributed by atoms with Gasteiger partial charge in [-0.2, -0.15) is 0 Å². The van der Waals surface area contributed by atoms with Gasteiger partial charge in [-0.3, -0.25) is 0 Å². The molecule has 3 heteroatoms. The van der Waals surface area contributed by atoms with E-state index in [2.05, 4.69) is 39.0 Å². The first-order valence-electron chi connectivity index (χ1n) is 7.13. The number of hydrogen-bond donors (Lipinski definition) is 0. The van der Waals surface area contributed by atoms with Gasteiger partial charge < -0.3 is 14.2 Å². The van der Waals surface area contributed by atoms with Crippen LogP contribution in [0, 0.1) is 6.92 Å². The van der Waals surface area contributed by atoms with Crippen LogP contribution in [-0.2, 0) is 9.47 Å². The number of rotatable bonds is 5. The van der Waals surface area contributed by atoms with Gasteiger partial charge in [-0.1, -0.05) is 19.9 Å². The third-order valence-electron chi connectivity index (χ3n) is 3.26. The first-order chi connectivity index (χ1) is 9.15. The molecule has 3 nitrogen and oxygen atoms in total. The fraction of sp³-hybridized carbons (Fsp3) is 0.625. The average Bonchev–Trinajstić information content (AvgIpc) is 2.39. The molecule has 1 saturated heterocycles. The zero-order valence-corrected chi connectivity index (χ0v) is 12.1. The predicted molar refractivity (Wildman–Crippen MR) is 75.7 cm³/mol. The van der Waals surface area contributed by atoms with Crippen LogP contribution in [0.15, 0.2) is 18.2 Å². The fourth-order valence-electron chi connectivity index (χ4n) is 2.17. The molecule has 1 aliphatic heterocycles. The highest BCUT2D eigenvalue weighted by atomic mass is 16.7. The molecule has 1 aromatic rings. The zero-order chi connectivity index (χ0) is 13.7. The molecule has 19 heavy (non-hydrogen) atoms. The van der Waals surface area contributed by atoms with Crippen LogP contribution in [0.25, 0.3) is 0 Å². The second kappa shape index (κ2) is 6.92. The summed E-state index contributed by atoms with van der Waals surface area (Å²) in [6.07, 6.45) is 1.68. The van der Waals surface area contributed by atoms with Gasteiger partial charge in [0.05, 0.1) is 19.8 Å². The highest BCUT2D eigenvalue weighted by Gasteiger charge is 2.14. The van der Waals surface area contributed by atoms with Gasteiger partial charge in [0.2, 0.25) is 0 Å². The van der Waals surface area contributed by atoms with Gasteiger partial charge in [0.25, 0.3) is 0 Å². The maximum Gasteiger partial charge on any atom is 0.160 e. The predicted octanol–water partition coefficient (Wildman–Crippen LogP) is 3.65. The SMILES string of the molecule is Cc1cc(OCCC2OCCCO2)cc(C(C)C)c1. The zero-order valence-electron chi connectivity index (χ0n) is 12.1. The van der Waals surface area contributed by atoms with Crippen LogP contribution < -0.4 is 4.74 Å². The van der Waals surface area contributed by atoms with Crippen LogP contribution in [0.1, 0.15) is 43.7 Å². The Bertz CT molecular complexity index is 395. The van der Waals surface area contributed by atoms with Crippen LogP contribution in [0.5, 0.6) is 5.75 Å². The third kappa shape index (κ3) is 4.51. The van der Waals surface area contributed by atoms with E-state index in [-0.39, 0.29) is 6.29 Å². The highest BCUT2D eigenvalue weighted by molar-refractivity contribution is 5.35. The minimum Gasteiger partial charge on any atom is -0.493 e. The average molecular weight is 264 g/mol. The van der Waals surface area contributed by atoms with Crippen molar-refractivity contribution in [2.45, 2.75) is 45.8 Å². The molecule has 1 heterocycles. The van der Waals surface area contributed by atoms with Crippen LogP contribution in [-0.4, -0.2) is 26.1 Å². The van der Waals surface area contributed by atoms with Crippen molar-refractivity contribution >= 4 is 0 Å². The summed E-state index contributed by atoms with van der Waals surface area (Å²) in [5, 5.41) is 0. The lowest BCUT2D eigenvalue weighted by Crippen LogP contribution is -2.26. The Labute approximate surface area is 115 Å². The summed E-state index contributed by atoms with van der Waals surface area (Å²) in [6, 6.07) is 6.42. The Morgan fingerprint density at radius 2 is 1.95 bits per heavy atom. The van der Waals surface area contributed by atoms with E-state index in [1.165, 1.54) is 11.1 Å². The summed E-state index contributed by atoms with van der Waals surface area (Å²) < 4.78 is 16.8. The molecular weight excluding hydrogens is 240 g/mol. The van der Waals surface area contributed by atoms with Crippen molar-refractivity contribution in [1.29, 1.82) is 0 Å². The molecule has 0 bridgehead atoms. The second-order valence-corrected chi connectivity index (χ2v) is 5.40. The van der Waals surface area contributed by atoms with Crippen LogP contribution >= 0.6 is 0 Å². The molecular formula is C16H24O3. The minimum absolute atomic E-state index is 0.0943. The molecule has 0 radical (unpaired) electrons. The number of aryl methyl sites for hydroxylation is 1. The van der Waals surface area contributed by atoms with E-state index < -0.39 is 0 Å². The molecule has 0 saturated carbocycles. The van der Waals surface area contributed by atoms with Crippen molar-refractivity contribution in [1.82, 2.24) is 0 Å². The van der Waals surface area contributed by atoms with E-state index in [0.29, 0.717) is 12.5 Å². The van der Waals surface area contributed by atoms with Crippen molar-refractivity contribution < 1.29 is 14.2 Å². The van der Waals surface area contributed by atoms with Crippen molar-refractivity contribution in [3.63, 3.8) is 0 Å². The lowest BCUT2D eigenvalue weighted by Gasteiger charge is -2.23.